The van der Waals surface area contributed by atoms with Crippen molar-refractivity contribution < 1.29 is 14.4 Å². The summed E-state index contributed by atoms with van der Waals surface area (Å²) in [5.41, 5.74) is 1.86. The minimum atomic E-state index is -1.08. The van der Waals surface area contributed by atoms with E-state index in [1.807, 2.05) is 26.0 Å². The Kier molecular flexibility index (Phi) is 3.42. The Balaban J connectivity index is 2.36. The molecule has 4 nitrogen and oxygen atoms in total. The number of carbonyl (C=O) groups is 1. The van der Waals surface area contributed by atoms with Crippen LogP contribution in [0.3, 0.4) is 0 Å². The van der Waals surface area contributed by atoms with Gasteiger partial charge in [0.05, 0.1) is 5.41 Å². The zero-order chi connectivity index (χ0) is 14.0. The molecule has 1 aromatic heterocycles. The molecule has 100 valence electrons. The molecule has 0 spiro atoms. The number of carboxylic acids is 1. The van der Waals surface area contributed by atoms with Gasteiger partial charge in [0.25, 0.3) is 0 Å². The number of nitrogens with zero attached hydrogens (tertiary/aromatic N) is 1. The average Bonchev–Trinajstić information content (AvgIpc) is 2.89. The summed E-state index contributed by atoms with van der Waals surface area (Å²) in [7, 11) is 0. The fourth-order valence-corrected chi connectivity index (χ4v) is 1.97. The molecule has 4 heteroatoms. The van der Waals surface area contributed by atoms with E-state index in [2.05, 4.69) is 24.2 Å². The molecule has 0 bridgehead atoms. The maximum absolute atomic E-state index is 10.8. The molecular weight excluding hydrogens is 242 g/mol. The number of carboxylic acid groups (broad SMARTS) is 1. The van der Waals surface area contributed by atoms with Crippen LogP contribution in [-0.2, 0) is 11.8 Å². The summed E-state index contributed by atoms with van der Waals surface area (Å²) in [6.07, 6.45) is 0.992. The molecule has 0 unspecified atom stereocenters. The van der Waals surface area contributed by atoms with Gasteiger partial charge < -0.3 is 9.63 Å². The normalized spacial score (nSPS) is 11.5. The Hall–Kier alpha value is -2.10. The standard InChI is InChI=1S/C15H17NO3/c1-4-10-5-7-11(8-6-10)15(2,3)13-9-12(14(17)18)16-19-13/h5-9H,4H2,1-3H3,(H,17,18). The molecule has 0 fully saturated rings. The number of benzene rings is 1. The first kappa shape index (κ1) is 13.3. The molecule has 1 aromatic carbocycles. The Morgan fingerprint density at radius 1 is 1.32 bits per heavy atom. The second-order valence-corrected chi connectivity index (χ2v) is 5.06. The first-order valence-electron chi connectivity index (χ1n) is 6.25. The number of hydrogen-bond donors (Lipinski definition) is 1. The van der Waals surface area contributed by atoms with Gasteiger partial charge in [-0.3, -0.25) is 0 Å². The lowest BCUT2D eigenvalue weighted by Crippen LogP contribution is -2.18. The number of aryl methyl sites for hydroxylation is 1. The van der Waals surface area contributed by atoms with Crippen molar-refractivity contribution in [2.75, 3.05) is 0 Å². The molecule has 0 atom stereocenters. The summed E-state index contributed by atoms with van der Waals surface area (Å²) < 4.78 is 5.17. The van der Waals surface area contributed by atoms with E-state index >= 15 is 0 Å². The molecule has 1 heterocycles. The average molecular weight is 259 g/mol. The van der Waals surface area contributed by atoms with Crippen LogP contribution >= 0.6 is 0 Å². The van der Waals surface area contributed by atoms with Crippen molar-refractivity contribution in [2.24, 2.45) is 0 Å². The highest BCUT2D eigenvalue weighted by atomic mass is 16.5. The van der Waals surface area contributed by atoms with E-state index < -0.39 is 11.4 Å². The van der Waals surface area contributed by atoms with E-state index in [9.17, 15) is 4.79 Å². The van der Waals surface area contributed by atoms with Crippen LogP contribution in [0.2, 0.25) is 0 Å². The summed E-state index contributed by atoms with van der Waals surface area (Å²) >= 11 is 0. The fraction of sp³-hybridized carbons (Fsp3) is 0.333. The summed E-state index contributed by atoms with van der Waals surface area (Å²) in [6.45, 7) is 6.08. The Morgan fingerprint density at radius 3 is 2.42 bits per heavy atom. The fourth-order valence-electron chi connectivity index (χ4n) is 1.97. The highest BCUT2D eigenvalue weighted by Crippen LogP contribution is 2.32. The molecule has 1 N–H and O–H groups in total. The zero-order valence-corrected chi connectivity index (χ0v) is 11.3. The highest BCUT2D eigenvalue weighted by molar-refractivity contribution is 5.85. The van der Waals surface area contributed by atoms with Gasteiger partial charge in [0.1, 0.15) is 5.76 Å². The summed E-state index contributed by atoms with van der Waals surface area (Å²) in [5, 5.41) is 12.4. The summed E-state index contributed by atoms with van der Waals surface area (Å²) in [4.78, 5) is 10.8. The lowest BCUT2D eigenvalue weighted by Gasteiger charge is -2.22. The largest absolute Gasteiger partial charge is 0.476 e. The maximum atomic E-state index is 10.8. The molecule has 0 aliphatic carbocycles. The van der Waals surface area contributed by atoms with Gasteiger partial charge in [0.15, 0.2) is 5.69 Å². The molecule has 2 rings (SSSR count). The Labute approximate surface area is 112 Å². The van der Waals surface area contributed by atoms with Crippen LogP contribution in [0.15, 0.2) is 34.9 Å². The van der Waals surface area contributed by atoms with Crippen LogP contribution < -0.4 is 0 Å². The second kappa shape index (κ2) is 4.88. The van der Waals surface area contributed by atoms with Gasteiger partial charge in [-0.25, -0.2) is 4.79 Å². The van der Waals surface area contributed by atoms with Crippen LogP contribution in [0, 0.1) is 0 Å². The topological polar surface area (TPSA) is 63.3 Å². The third-order valence-electron chi connectivity index (χ3n) is 3.43. The molecule has 0 amide bonds. The van der Waals surface area contributed by atoms with Crippen LogP contribution in [0.5, 0.6) is 0 Å². The van der Waals surface area contributed by atoms with E-state index in [0.717, 1.165) is 12.0 Å². The molecule has 0 aliphatic rings. The maximum Gasteiger partial charge on any atom is 0.358 e. The molecule has 0 radical (unpaired) electrons. The quantitative estimate of drug-likeness (QED) is 0.915. The van der Waals surface area contributed by atoms with Gasteiger partial charge in [0.2, 0.25) is 0 Å². The van der Waals surface area contributed by atoms with Gasteiger partial charge in [0, 0.05) is 6.07 Å². The van der Waals surface area contributed by atoms with Crippen molar-refractivity contribution >= 4 is 5.97 Å². The summed E-state index contributed by atoms with van der Waals surface area (Å²) in [6, 6.07) is 9.72. The van der Waals surface area contributed by atoms with Crippen LogP contribution in [0.4, 0.5) is 0 Å². The smallest absolute Gasteiger partial charge is 0.358 e. The number of aromatic carboxylic acids is 1. The van der Waals surface area contributed by atoms with Crippen molar-refractivity contribution in [3.8, 4) is 0 Å². The van der Waals surface area contributed by atoms with Gasteiger partial charge in [-0.1, -0.05) is 36.3 Å². The molecule has 19 heavy (non-hydrogen) atoms. The lowest BCUT2D eigenvalue weighted by atomic mass is 9.82. The lowest BCUT2D eigenvalue weighted by molar-refractivity contribution is 0.0685. The van der Waals surface area contributed by atoms with Crippen molar-refractivity contribution in [1.29, 1.82) is 0 Å². The van der Waals surface area contributed by atoms with E-state index in [4.69, 9.17) is 9.63 Å². The first-order chi connectivity index (χ1) is 8.95. The van der Waals surface area contributed by atoms with E-state index in [1.54, 1.807) is 0 Å². The van der Waals surface area contributed by atoms with Gasteiger partial charge >= 0.3 is 5.97 Å². The zero-order valence-electron chi connectivity index (χ0n) is 11.3. The van der Waals surface area contributed by atoms with E-state index in [1.165, 1.54) is 11.6 Å². The predicted molar refractivity (Wildman–Crippen MR) is 71.4 cm³/mol. The third-order valence-corrected chi connectivity index (χ3v) is 3.43. The minimum absolute atomic E-state index is 0.0618. The Morgan fingerprint density at radius 2 is 1.95 bits per heavy atom. The van der Waals surface area contributed by atoms with Crippen molar-refractivity contribution in [3.63, 3.8) is 0 Å². The SMILES string of the molecule is CCc1ccc(C(C)(C)c2cc(C(=O)O)no2)cc1. The van der Waals surface area contributed by atoms with Crippen molar-refractivity contribution in [2.45, 2.75) is 32.6 Å². The Bertz CT molecular complexity index is 582. The molecular formula is C15H17NO3. The van der Waals surface area contributed by atoms with Crippen molar-refractivity contribution in [3.05, 3.63) is 52.9 Å². The minimum Gasteiger partial charge on any atom is -0.476 e. The van der Waals surface area contributed by atoms with E-state index in [0.29, 0.717) is 5.76 Å². The number of rotatable bonds is 4. The van der Waals surface area contributed by atoms with Crippen LogP contribution in [0.1, 0.15) is 48.1 Å². The second-order valence-electron chi connectivity index (χ2n) is 5.06. The first-order valence-corrected chi connectivity index (χ1v) is 6.25. The summed E-state index contributed by atoms with van der Waals surface area (Å²) in [5.74, 6) is -0.527. The molecule has 2 aromatic rings. The van der Waals surface area contributed by atoms with Gasteiger partial charge in [-0.05, 0) is 31.4 Å². The molecule has 0 aliphatic heterocycles. The van der Waals surface area contributed by atoms with Gasteiger partial charge in [-0.2, -0.15) is 0 Å². The third kappa shape index (κ3) is 2.52. The molecule has 0 saturated carbocycles. The van der Waals surface area contributed by atoms with Gasteiger partial charge in [-0.15, -0.1) is 0 Å². The number of hydrogen-bond acceptors (Lipinski definition) is 3. The number of aromatic nitrogens is 1. The predicted octanol–water partition coefficient (Wildman–Crippen LogP) is 3.26. The van der Waals surface area contributed by atoms with Crippen LogP contribution in [0.25, 0.3) is 0 Å². The van der Waals surface area contributed by atoms with Crippen molar-refractivity contribution in [1.82, 2.24) is 5.16 Å². The molecule has 0 saturated heterocycles. The monoisotopic (exact) mass is 259 g/mol. The van der Waals surface area contributed by atoms with Crippen LogP contribution in [-0.4, -0.2) is 16.2 Å². The highest BCUT2D eigenvalue weighted by Gasteiger charge is 2.29. The van der Waals surface area contributed by atoms with E-state index in [-0.39, 0.29) is 5.69 Å².